The van der Waals surface area contributed by atoms with Crippen LogP contribution in [0.2, 0.25) is 0 Å². The molecule has 0 aromatic carbocycles. The maximum absolute atomic E-state index is 13.0. The maximum Gasteiger partial charge on any atom is 0.262 e. The van der Waals surface area contributed by atoms with Crippen molar-refractivity contribution in [2.75, 3.05) is 0 Å². The Labute approximate surface area is 127 Å². The molecule has 0 atom stereocenters. The van der Waals surface area contributed by atoms with Crippen LogP contribution in [0.15, 0.2) is 23.4 Å². The number of pyridine rings is 1. The first kappa shape index (κ1) is 13.4. The predicted octanol–water partition coefficient (Wildman–Crippen LogP) is 2.64. The SMILES string of the molecule is Cc1nc2ncnn2c2ccn(C3CCCCCC3)c(=O)c12. The Balaban J connectivity index is 1.95. The Morgan fingerprint density at radius 3 is 2.73 bits per heavy atom. The standard InChI is InChI=1S/C16H19N5O/c1-11-14-13(21-16(19-11)17-10-18-21)8-9-20(15(14)22)12-6-4-2-3-5-7-12/h8-10,12H,2-7H2,1H3. The molecule has 0 bridgehead atoms. The zero-order chi connectivity index (χ0) is 15.1. The minimum atomic E-state index is 0.0480. The Hall–Kier alpha value is -2.24. The van der Waals surface area contributed by atoms with Gasteiger partial charge in [-0.3, -0.25) is 4.79 Å². The van der Waals surface area contributed by atoms with Crippen LogP contribution < -0.4 is 5.56 Å². The lowest BCUT2D eigenvalue weighted by molar-refractivity contribution is 0.434. The summed E-state index contributed by atoms with van der Waals surface area (Å²) < 4.78 is 3.55. The molecule has 3 heterocycles. The highest BCUT2D eigenvalue weighted by atomic mass is 16.1. The first-order chi connectivity index (χ1) is 10.8. The molecule has 0 spiro atoms. The highest BCUT2D eigenvalue weighted by Gasteiger charge is 2.18. The lowest BCUT2D eigenvalue weighted by Gasteiger charge is -2.18. The van der Waals surface area contributed by atoms with Crippen molar-refractivity contribution in [3.05, 3.63) is 34.6 Å². The molecular formula is C16H19N5O. The van der Waals surface area contributed by atoms with Crippen LogP contribution in [0.5, 0.6) is 0 Å². The minimum Gasteiger partial charge on any atom is -0.312 e. The van der Waals surface area contributed by atoms with Crippen LogP contribution in [0, 0.1) is 6.92 Å². The molecular weight excluding hydrogens is 278 g/mol. The number of hydrogen-bond donors (Lipinski definition) is 0. The predicted molar refractivity (Wildman–Crippen MR) is 84.0 cm³/mol. The molecule has 0 amide bonds. The fraction of sp³-hybridized carbons (Fsp3) is 0.500. The van der Waals surface area contributed by atoms with Crippen LogP contribution in [-0.2, 0) is 0 Å². The van der Waals surface area contributed by atoms with Crippen LogP contribution in [0.25, 0.3) is 16.7 Å². The molecule has 1 saturated carbocycles. The van der Waals surface area contributed by atoms with E-state index in [0.29, 0.717) is 17.2 Å². The normalized spacial score (nSPS) is 17.1. The summed E-state index contributed by atoms with van der Waals surface area (Å²) in [5.41, 5.74) is 1.56. The number of hydrogen-bond acceptors (Lipinski definition) is 4. The van der Waals surface area contributed by atoms with Crippen LogP contribution in [-0.4, -0.2) is 24.1 Å². The summed E-state index contributed by atoms with van der Waals surface area (Å²) in [6.07, 6.45) is 10.5. The van der Waals surface area contributed by atoms with Crippen molar-refractivity contribution in [1.82, 2.24) is 24.1 Å². The van der Waals surface area contributed by atoms with Crippen LogP contribution in [0.3, 0.4) is 0 Å². The third-order valence-corrected chi connectivity index (χ3v) is 4.70. The Morgan fingerprint density at radius 2 is 1.95 bits per heavy atom. The quantitative estimate of drug-likeness (QED) is 0.648. The van der Waals surface area contributed by atoms with Crippen molar-refractivity contribution in [1.29, 1.82) is 0 Å². The Bertz CT molecular complexity index is 887. The third-order valence-electron chi connectivity index (χ3n) is 4.70. The Morgan fingerprint density at radius 1 is 1.18 bits per heavy atom. The van der Waals surface area contributed by atoms with E-state index in [4.69, 9.17) is 0 Å². The van der Waals surface area contributed by atoms with Gasteiger partial charge in [-0.2, -0.15) is 14.6 Å². The zero-order valence-electron chi connectivity index (χ0n) is 12.7. The minimum absolute atomic E-state index is 0.0480. The number of aryl methyl sites for hydroxylation is 1. The summed E-state index contributed by atoms with van der Waals surface area (Å²) in [6.45, 7) is 1.87. The fourth-order valence-electron chi connectivity index (χ4n) is 3.57. The molecule has 114 valence electrons. The van der Waals surface area contributed by atoms with E-state index in [1.54, 1.807) is 4.52 Å². The lowest BCUT2D eigenvalue weighted by atomic mass is 10.1. The van der Waals surface area contributed by atoms with E-state index in [0.717, 1.165) is 24.1 Å². The first-order valence-electron chi connectivity index (χ1n) is 7.97. The second kappa shape index (κ2) is 5.19. The van der Waals surface area contributed by atoms with Gasteiger partial charge in [0.25, 0.3) is 11.3 Å². The second-order valence-corrected chi connectivity index (χ2v) is 6.10. The van der Waals surface area contributed by atoms with Crippen LogP contribution in [0.1, 0.15) is 50.3 Å². The molecule has 6 heteroatoms. The van der Waals surface area contributed by atoms with Crippen LogP contribution in [0.4, 0.5) is 0 Å². The smallest absolute Gasteiger partial charge is 0.262 e. The summed E-state index contributed by atoms with van der Waals surface area (Å²) in [5.74, 6) is 0.539. The maximum atomic E-state index is 13.0. The van der Waals surface area contributed by atoms with Gasteiger partial charge in [-0.05, 0) is 25.8 Å². The highest BCUT2D eigenvalue weighted by Crippen LogP contribution is 2.26. The molecule has 3 aromatic rings. The molecule has 1 aliphatic carbocycles. The lowest BCUT2D eigenvalue weighted by Crippen LogP contribution is -2.25. The first-order valence-corrected chi connectivity index (χ1v) is 7.97. The summed E-state index contributed by atoms with van der Waals surface area (Å²) in [6, 6.07) is 2.28. The van der Waals surface area contributed by atoms with Gasteiger partial charge in [-0.25, -0.2) is 4.98 Å². The number of nitrogens with zero attached hydrogens (tertiary/aromatic N) is 5. The van der Waals surface area contributed by atoms with E-state index in [1.165, 1.54) is 32.0 Å². The van der Waals surface area contributed by atoms with Crippen LogP contribution >= 0.6 is 0 Å². The Kier molecular flexibility index (Phi) is 3.17. The molecule has 0 unspecified atom stereocenters. The molecule has 0 radical (unpaired) electrons. The number of rotatable bonds is 1. The van der Waals surface area contributed by atoms with Gasteiger partial charge in [0, 0.05) is 12.2 Å². The van der Waals surface area contributed by atoms with Gasteiger partial charge in [-0.15, -0.1) is 0 Å². The molecule has 4 rings (SSSR count). The van der Waals surface area contributed by atoms with Gasteiger partial charge in [-0.1, -0.05) is 25.7 Å². The fourth-order valence-corrected chi connectivity index (χ4v) is 3.57. The third kappa shape index (κ3) is 2.01. The second-order valence-electron chi connectivity index (χ2n) is 6.10. The van der Waals surface area contributed by atoms with Crippen molar-refractivity contribution >= 4 is 16.7 Å². The van der Waals surface area contributed by atoms with Crippen molar-refractivity contribution in [3.8, 4) is 0 Å². The molecule has 3 aromatic heterocycles. The highest BCUT2D eigenvalue weighted by molar-refractivity contribution is 5.81. The monoisotopic (exact) mass is 297 g/mol. The molecule has 0 aliphatic heterocycles. The van der Waals surface area contributed by atoms with E-state index in [2.05, 4.69) is 15.1 Å². The van der Waals surface area contributed by atoms with Gasteiger partial charge >= 0.3 is 0 Å². The van der Waals surface area contributed by atoms with E-state index in [-0.39, 0.29) is 5.56 Å². The van der Waals surface area contributed by atoms with Gasteiger partial charge in [0.15, 0.2) is 0 Å². The van der Waals surface area contributed by atoms with Crippen molar-refractivity contribution < 1.29 is 0 Å². The molecule has 1 fully saturated rings. The summed E-state index contributed by atoms with van der Waals surface area (Å²) in [4.78, 5) is 21.5. The van der Waals surface area contributed by atoms with Gasteiger partial charge in [0.05, 0.1) is 16.6 Å². The average molecular weight is 297 g/mol. The van der Waals surface area contributed by atoms with E-state index < -0.39 is 0 Å². The van der Waals surface area contributed by atoms with Gasteiger partial charge in [0.2, 0.25) is 0 Å². The number of fused-ring (bicyclic) bond motifs is 3. The largest absolute Gasteiger partial charge is 0.312 e. The van der Waals surface area contributed by atoms with E-state index in [9.17, 15) is 4.79 Å². The molecule has 0 saturated heterocycles. The van der Waals surface area contributed by atoms with Gasteiger partial charge < -0.3 is 4.57 Å². The molecule has 1 aliphatic rings. The number of aromatic nitrogens is 5. The molecule has 22 heavy (non-hydrogen) atoms. The topological polar surface area (TPSA) is 65.1 Å². The summed E-state index contributed by atoms with van der Waals surface area (Å²) in [5, 5.41) is 4.84. The van der Waals surface area contributed by atoms with Crippen molar-refractivity contribution in [2.45, 2.75) is 51.5 Å². The van der Waals surface area contributed by atoms with Gasteiger partial charge in [0.1, 0.15) is 6.33 Å². The average Bonchev–Trinajstić information content (AvgIpc) is 2.81. The summed E-state index contributed by atoms with van der Waals surface area (Å²) >= 11 is 0. The van der Waals surface area contributed by atoms with Crippen molar-refractivity contribution in [3.63, 3.8) is 0 Å². The molecule has 0 N–H and O–H groups in total. The van der Waals surface area contributed by atoms with Crippen molar-refractivity contribution in [2.24, 2.45) is 0 Å². The summed E-state index contributed by atoms with van der Waals surface area (Å²) in [7, 11) is 0. The van der Waals surface area contributed by atoms with E-state index >= 15 is 0 Å². The zero-order valence-corrected chi connectivity index (χ0v) is 12.7. The van der Waals surface area contributed by atoms with E-state index in [1.807, 2.05) is 23.8 Å². The molecule has 6 nitrogen and oxygen atoms in total.